The number of aromatic nitrogens is 1. The van der Waals surface area contributed by atoms with E-state index in [1.807, 2.05) is 55.7 Å². The topological polar surface area (TPSA) is 28.2 Å². The molecule has 1 aliphatic heterocycles. The number of benzene rings is 3. The minimum Gasteiger partial charge on any atom is -0.369 e. The fourth-order valence-corrected chi connectivity index (χ4v) is 5.07. The lowest BCUT2D eigenvalue weighted by Crippen LogP contribution is -2.27. The van der Waals surface area contributed by atoms with E-state index in [0.717, 1.165) is 30.6 Å². The van der Waals surface area contributed by atoms with Gasteiger partial charge in [-0.2, -0.15) is 0 Å². The summed E-state index contributed by atoms with van der Waals surface area (Å²) in [5.41, 5.74) is 5.78. The Morgan fingerprint density at radius 3 is 2.46 bits per heavy atom. The summed E-state index contributed by atoms with van der Waals surface area (Å²) in [4.78, 5) is 6.81. The van der Waals surface area contributed by atoms with Gasteiger partial charge in [-0.15, -0.1) is 6.58 Å². The molecule has 1 aliphatic carbocycles. The van der Waals surface area contributed by atoms with Crippen molar-refractivity contribution in [3.8, 4) is 0 Å². The van der Waals surface area contributed by atoms with Gasteiger partial charge < -0.3 is 10.2 Å². The van der Waals surface area contributed by atoms with Crippen molar-refractivity contribution in [3.05, 3.63) is 139 Å². The van der Waals surface area contributed by atoms with Crippen LogP contribution in [0.25, 0.3) is 10.9 Å². The molecule has 1 saturated carbocycles. The fourth-order valence-electron chi connectivity index (χ4n) is 5.07. The average Bonchev–Trinajstić information content (AvgIpc) is 3.70. The van der Waals surface area contributed by atoms with E-state index in [2.05, 4.69) is 64.8 Å². The maximum absolute atomic E-state index is 12.9. The first-order valence-electron chi connectivity index (χ1n) is 13.9. The molecule has 1 saturated heterocycles. The predicted octanol–water partition coefficient (Wildman–Crippen LogP) is 8.05. The minimum absolute atomic E-state index is 0.0370. The molecule has 1 N–H and O–H groups in total. The highest BCUT2D eigenvalue weighted by Gasteiger charge is 2.25. The van der Waals surface area contributed by atoms with Crippen LogP contribution in [0.1, 0.15) is 48.3 Å². The molecule has 4 heteroatoms. The van der Waals surface area contributed by atoms with Crippen molar-refractivity contribution in [1.29, 1.82) is 0 Å². The molecule has 6 rings (SSSR count). The number of hydrogen-bond acceptors (Lipinski definition) is 3. The van der Waals surface area contributed by atoms with Gasteiger partial charge in [-0.1, -0.05) is 79.4 Å². The first-order valence-corrected chi connectivity index (χ1v) is 13.9. The molecule has 0 amide bonds. The van der Waals surface area contributed by atoms with Crippen LogP contribution in [-0.2, 0) is 13.0 Å². The third kappa shape index (κ3) is 8.11. The van der Waals surface area contributed by atoms with Crippen molar-refractivity contribution in [2.24, 2.45) is 0 Å². The van der Waals surface area contributed by atoms with Crippen LogP contribution in [0.3, 0.4) is 0 Å². The highest BCUT2D eigenvalue weighted by Crippen LogP contribution is 2.40. The molecular formula is C35H40FN3. The second-order valence-electron chi connectivity index (χ2n) is 10.2. The fraction of sp³-hybridized carbons (Fsp3) is 0.286. The molecule has 0 bridgehead atoms. The number of hydrogen-bond donors (Lipinski definition) is 1. The van der Waals surface area contributed by atoms with Gasteiger partial charge in [0.1, 0.15) is 5.82 Å². The molecule has 2 heterocycles. The Morgan fingerprint density at radius 2 is 1.74 bits per heavy atom. The van der Waals surface area contributed by atoms with Crippen LogP contribution in [0.15, 0.2) is 116 Å². The van der Waals surface area contributed by atoms with E-state index < -0.39 is 0 Å². The molecular weight excluding hydrogens is 481 g/mol. The summed E-state index contributed by atoms with van der Waals surface area (Å²) in [5, 5.41) is 4.31. The lowest BCUT2D eigenvalue weighted by atomic mass is 10.0. The van der Waals surface area contributed by atoms with Gasteiger partial charge >= 0.3 is 0 Å². The Bertz CT molecular complexity index is 1340. The molecule has 0 spiro atoms. The Kier molecular flexibility index (Phi) is 10.4. The van der Waals surface area contributed by atoms with Crippen molar-refractivity contribution in [3.63, 3.8) is 0 Å². The van der Waals surface area contributed by atoms with Crippen LogP contribution in [0.5, 0.6) is 0 Å². The zero-order valence-corrected chi connectivity index (χ0v) is 23.0. The van der Waals surface area contributed by atoms with Crippen molar-refractivity contribution in [1.82, 2.24) is 15.2 Å². The SMILES string of the molecule is C=CC1CCCN1C(=C)Cc1cccc2ncccc12.CNCc1ccccc1.Fc1ccccc1C1CC1. The summed E-state index contributed by atoms with van der Waals surface area (Å²) in [6.07, 6.45) is 9.53. The van der Waals surface area contributed by atoms with Gasteiger partial charge in [0.15, 0.2) is 0 Å². The standard InChI is InChI=1S/C18H20N2.C9H9F.C8H11N/c1-3-16-8-6-12-20(16)14(2)13-15-7-4-10-18-17(15)9-5-11-19-18;10-9-4-2-1-3-8(9)7-5-6-7;1-9-7-8-5-3-2-4-6-8/h3-5,7,9-11,16H,1-2,6,8,12-13H2;1-4,7H,5-6H2;2-6,9H,7H2,1H3. The number of halogens is 1. The van der Waals surface area contributed by atoms with Crippen molar-refractivity contribution in [2.75, 3.05) is 13.6 Å². The predicted molar refractivity (Wildman–Crippen MR) is 162 cm³/mol. The van der Waals surface area contributed by atoms with Crippen molar-refractivity contribution in [2.45, 2.75) is 50.6 Å². The first-order chi connectivity index (χ1) is 19.1. The van der Waals surface area contributed by atoms with E-state index in [1.54, 1.807) is 6.07 Å². The molecule has 1 aromatic heterocycles. The molecule has 3 aromatic carbocycles. The van der Waals surface area contributed by atoms with E-state index >= 15 is 0 Å². The van der Waals surface area contributed by atoms with Crippen LogP contribution in [0, 0.1) is 5.82 Å². The second kappa shape index (κ2) is 14.4. The number of nitrogens with zero attached hydrogens (tertiary/aromatic N) is 2. The van der Waals surface area contributed by atoms with Gasteiger partial charge in [-0.05, 0) is 73.5 Å². The van der Waals surface area contributed by atoms with Crippen LogP contribution in [0.2, 0.25) is 0 Å². The van der Waals surface area contributed by atoms with Gasteiger partial charge in [0.2, 0.25) is 0 Å². The number of likely N-dealkylation sites (tertiary alicyclic amines) is 1. The smallest absolute Gasteiger partial charge is 0.126 e. The molecule has 1 unspecified atom stereocenters. The Balaban J connectivity index is 0.000000154. The summed E-state index contributed by atoms with van der Waals surface area (Å²) in [5.74, 6) is 0.492. The number of pyridine rings is 1. The van der Waals surface area contributed by atoms with Crippen LogP contribution < -0.4 is 5.32 Å². The van der Waals surface area contributed by atoms with E-state index in [9.17, 15) is 4.39 Å². The molecule has 202 valence electrons. The monoisotopic (exact) mass is 521 g/mol. The van der Waals surface area contributed by atoms with Gasteiger partial charge in [-0.25, -0.2) is 4.39 Å². The van der Waals surface area contributed by atoms with Gasteiger partial charge in [0, 0.05) is 42.8 Å². The normalized spacial score (nSPS) is 16.1. The number of rotatable bonds is 7. The third-order valence-electron chi connectivity index (χ3n) is 7.25. The van der Waals surface area contributed by atoms with Crippen LogP contribution in [-0.4, -0.2) is 29.5 Å². The Hall–Kier alpha value is -3.76. The zero-order chi connectivity index (χ0) is 27.5. The molecule has 3 nitrogen and oxygen atoms in total. The second-order valence-corrected chi connectivity index (χ2v) is 10.2. The number of nitrogens with one attached hydrogen (secondary N) is 1. The van der Waals surface area contributed by atoms with E-state index in [4.69, 9.17) is 0 Å². The minimum atomic E-state index is -0.0370. The molecule has 2 aliphatic rings. The first kappa shape index (κ1) is 28.3. The maximum Gasteiger partial charge on any atom is 0.126 e. The summed E-state index contributed by atoms with van der Waals surface area (Å²) >= 11 is 0. The molecule has 0 radical (unpaired) electrons. The van der Waals surface area contributed by atoms with Crippen LogP contribution >= 0.6 is 0 Å². The average molecular weight is 522 g/mol. The van der Waals surface area contributed by atoms with Gasteiger partial charge in [-0.3, -0.25) is 4.98 Å². The molecule has 2 fully saturated rings. The van der Waals surface area contributed by atoms with E-state index in [1.165, 1.54) is 54.0 Å². The molecule has 39 heavy (non-hydrogen) atoms. The van der Waals surface area contributed by atoms with Crippen molar-refractivity contribution >= 4 is 10.9 Å². The van der Waals surface area contributed by atoms with E-state index in [-0.39, 0.29) is 5.82 Å². The maximum atomic E-state index is 12.9. The van der Waals surface area contributed by atoms with Gasteiger partial charge in [0.05, 0.1) is 5.52 Å². The Morgan fingerprint density at radius 1 is 0.974 bits per heavy atom. The van der Waals surface area contributed by atoms with Crippen molar-refractivity contribution < 1.29 is 4.39 Å². The zero-order valence-electron chi connectivity index (χ0n) is 23.0. The summed E-state index contributed by atoms with van der Waals surface area (Å²) in [7, 11) is 1.95. The summed E-state index contributed by atoms with van der Waals surface area (Å²) < 4.78 is 12.9. The third-order valence-corrected chi connectivity index (χ3v) is 7.25. The van der Waals surface area contributed by atoms with E-state index in [0.29, 0.717) is 12.0 Å². The highest BCUT2D eigenvalue weighted by atomic mass is 19.1. The summed E-state index contributed by atoms with van der Waals surface area (Å²) in [6, 6.07) is 28.3. The summed E-state index contributed by atoms with van der Waals surface area (Å²) in [6.45, 7) is 10.3. The highest BCUT2D eigenvalue weighted by molar-refractivity contribution is 5.82. The quantitative estimate of drug-likeness (QED) is 0.249. The lowest BCUT2D eigenvalue weighted by Gasteiger charge is -2.26. The number of allylic oxidation sites excluding steroid dienone is 1. The van der Waals surface area contributed by atoms with Gasteiger partial charge in [0.25, 0.3) is 0 Å². The Labute approximate surface area is 233 Å². The largest absolute Gasteiger partial charge is 0.369 e. The van der Waals surface area contributed by atoms with Crippen LogP contribution in [0.4, 0.5) is 4.39 Å². The molecule has 4 aromatic rings. The lowest BCUT2D eigenvalue weighted by molar-refractivity contribution is 0.361. The molecule has 1 atom stereocenters. The number of fused-ring (bicyclic) bond motifs is 1.